The van der Waals surface area contributed by atoms with E-state index in [-0.39, 0.29) is 17.8 Å². The molecule has 0 unspecified atom stereocenters. The van der Waals surface area contributed by atoms with Gasteiger partial charge >= 0.3 is 6.09 Å². The first-order chi connectivity index (χ1) is 7.78. The minimum Gasteiger partial charge on any atom is -0.443 e. The number of halogens is 2. The lowest BCUT2D eigenvalue weighted by atomic mass is 10.1. The number of nitrogens with zero attached hydrogens (tertiary/aromatic N) is 1. The van der Waals surface area contributed by atoms with E-state index in [0.29, 0.717) is 4.47 Å². The molecule has 0 atom stereocenters. The fourth-order valence-corrected chi connectivity index (χ4v) is 1.33. The number of aromatic nitrogens is 1. The van der Waals surface area contributed by atoms with Crippen LogP contribution in [-0.2, 0) is 11.3 Å². The molecule has 0 spiro atoms. The van der Waals surface area contributed by atoms with E-state index in [4.69, 9.17) is 4.74 Å². The minimum atomic E-state index is -0.596. The maximum atomic E-state index is 13.3. The van der Waals surface area contributed by atoms with Crippen LogP contribution in [0.5, 0.6) is 0 Å². The van der Waals surface area contributed by atoms with Gasteiger partial charge in [-0.25, -0.2) is 9.18 Å². The van der Waals surface area contributed by atoms with Crippen molar-refractivity contribution >= 4 is 22.0 Å². The van der Waals surface area contributed by atoms with Crippen LogP contribution in [0.3, 0.4) is 0 Å². The Bertz CT molecular complexity index is 418. The van der Waals surface area contributed by atoms with Gasteiger partial charge in [0.15, 0.2) is 0 Å². The van der Waals surface area contributed by atoms with Crippen LogP contribution in [0.2, 0.25) is 0 Å². The fraction of sp³-hybridized carbons (Fsp3) is 0.455. The summed E-state index contributed by atoms with van der Waals surface area (Å²) >= 11 is 3.09. The molecule has 94 valence electrons. The average Bonchev–Trinajstić information content (AvgIpc) is 2.13. The standard InChI is InChI=1S/C11H14BrFN2O2/c1-11(2,3)15-10(16)17-6-9-8(13)4-7(12)5-14-9/h4-5H,6H2,1-3H3,(H,15,16). The molecular weight excluding hydrogens is 291 g/mol. The van der Waals surface area contributed by atoms with Crippen LogP contribution >= 0.6 is 15.9 Å². The number of carbonyl (C=O) groups is 1. The van der Waals surface area contributed by atoms with Crippen molar-refractivity contribution in [3.8, 4) is 0 Å². The molecule has 0 saturated heterocycles. The third kappa shape index (κ3) is 5.12. The zero-order valence-corrected chi connectivity index (χ0v) is 11.5. The van der Waals surface area contributed by atoms with E-state index in [1.807, 2.05) is 20.8 Å². The topological polar surface area (TPSA) is 51.2 Å². The Morgan fingerprint density at radius 3 is 2.76 bits per heavy atom. The third-order valence-corrected chi connectivity index (χ3v) is 2.13. The highest BCUT2D eigenvalue weighted by Gasteiger charge is 2.15. The first-order valence-corrected chi connectivity index (χ1v) is 5.82. The summed E-state index contributed by atoms with van der Waals surface area (Å²) in [5.41, 5.74) is -0.291. The van der Waals surface area contributed by atoms with Gasteiger partial charge in [0.25, 0.3) is 0 Å². The monoisotopic (exact) mass is 304 g/mol. The lowest BCUT2D eigenvalue weighted by Crippen LogP contribution is -2.40. The molecule has 0 fully saturated rings. The Balaban J connectivity index is 2.53. The molecule has 1 heterocycles. The molecule has 0 aliphatic rings. The molecule has 17 heavy (non-hydrogen) atoms. The number of hydrogen-bond donors (Lipinski definition) is 1. The van der Waals surface area contributed by atoms with Crippen molar-refractivity contribution < 1.29 is 13.9 Å². The number of hydrogen-bond acceptors (Lipinski definition) is 3. The van der Waals surface area contributed by atoms with E-state index in [0.717, 1.165) is 0 Å². The molecule has 0 radical (unpaired) electrons. The molecule has 0 bridgehead atoms. The van der Waals surface area contributed by atoms with E-state index in [9.17, 15) is 9.18 Å². The van der Waals surface area contributed by atoms with Gasteiger partial charge in [-0.2, -0.15) is 0 Å². The molecular formula is C11H14BrFN2O2. The van der Waals surface area contributed by atoms with Crippen LogP contribution in [0, 0.1) is 5.82 Å². The Hall–Kier alpha value is -1.17. The van der Waals surface area contributed by atoms with Gasteiger partial charge in [0.1, 0.15) is 18.1 Å². The number of carbonyl (C=O) groups excluding carboxylic acids is 1. The van der Waals surface area contributed by atoms with Crippen molar-refractivity contribution in [2.45, 2.75) is 32.9 Å². The molecule has 6 heteroatoms. The fourth-order valence-electron chi connectivity index (χ4n) is 1.03. The van der Waals surface area contributed by atoms with Crippen LogP contribution < -0.4 is 5.32 Å². The number of pyridine rings is 1. The zero-order valence-electron chi connectivity index (χ0n) is 9.88. The first-order valence-electron chi connectivity index (χ1n) is 5.03. The van der Waals surface area contributed by atoms with Crippen molar-refractivity contribution in [2.24, 2.45) is 0 Å². The van der Waals surface area contributed by atoms with Gasteiger partial charge in [-0.15, -0.1) is 0 Å². The smallest absolute Gasteiger partial charge is 0.407 e. The van der Waals surface area contributed by atoms with Gasteiger partial charge < -0.3 is 10.1 Å². The van der Waals surface area contributed by atoms with Gasteiger partial charge in [-0.3, -0.25) is 4.98 Å². The summed E-state index contributed by atoms with van der Waals surface area (Å²) < 4.78 is 18.7. The highest BCUT2D eigenvalue weighted by atomic mass is 79.9. The molecule has 1 rings (SSSR count). The van der Waals surface area contributed by atoms with Crippen LogP contribution in [0.25, 0.3) is 0 Å². The molecule has 0 aliphatic heterocycles. The Labute approximate surface area is 108 Å². The quantitative estimate of drug-likeness (QED) is 0.914. The van der Waals surface area contributed by atoms with E-state index >= 15 is 0 Å². The van der Waals surface area contributed by atoms with Crippen molar-refractivity contribution in [1.82, 2.24) is 10.3 Å². The Morgan fingerprint density at radius 2 is 2.24 bits per heavy atom. The average molecular weight is 305 g/mol. The SMILES string of the molecule is CC(C)(C)NC(=O)OCc1ncc(Br)cc1F. The number of alkyl carbamates (subject to hydrolysis) is 1. The molecule has 0 aliphatic carbocycles. The van der Waals surface area contributed by atoms with E-state index in [2.05, 4.69) is 26.2 Å². The maximum Gasteiger partial charge on any atom is 0.407 e. The lowest BCUT2D eigenvalue weighted by molar-refractivity contribution is 0.128. The summed E-state index contributed by atoms with van der Waals surface area (Å²) in [4.78, 5) is 15.1. The summed E-state index contributed by atoms with van der Waals surface area (Å²) in [6.07, 6.45) is 0.852. The summed E-state index contributed by atoms with van der Waals surface area (Å²) in [5.74, 6) is -0.511. The van der Waals surface area contributed by atoms with Crippen LogP contribution in [0.4, 0.5) is 9.18 Å². The minimum absolute atomic E-state index is 0.0947. The highest BCUT2D eigenvalue weighted by Crippen LogP contribution is 2.13. The second-order valence-corrected chi connectivity index (χ2v) is 5.45. The molecule has 1 amide bonds. The van der Waals surface area contributed by atoms with Gasteiger partial charge in [0.2, 0.25) is 0 Å². The normalized spacial score (nSPS) is 11.1. The van der Waals surface area contributed by atoms with Crippen molar-refractivity contribution in [3.63, 3.8) is 0 Å². The van der Waals surface area contributed by atoms with Gasteiger partial charge in [-0.1, -0.05) is 0 Å². The lowest BCUT2D eigenvalue weighted by Gasteiger charge is -2.19. The predicted octanol–water partition coefficient (Wildman–Crippen LogP) is 3.01. The van der Waals surface area contributed by atoms with Crippen LogP contribution in [0.15, 0.2) is 16.7 Å². The van der Waals surface area contributed by atoms with Crippen molar-refractivity contribution in [1.29, 1.82) is 0 Å². The molecule has 1 aromatic rings. The van der Waals surface area contributed by atoms with E-state index in [1.54, 1.807) is 0 Å². The molecule has 0 saturated carbocycles. The number of ether oxygens (including phenoxy) is 1. The number of nitrogens with one attached hydrogen (secondary N) is 1. The Morgan fingerprint density at radius 1 is 1.59 bits per heavy atom. The largest absolute Gasteiger partial charge is 0.443 e. The van der Waals surface area contributed by atoms with E-state index < -0.39 is 11.9 Å². The van der Waals surface area contributed by atoms with Gasteiger partial charge in [-0.05, 0) is 42.8 Å². The highest BCUT2D eigenvalue weighted by molar-refractivity contribution is 9.10. The molecule has 0 aromatic carbocycles. The summed E-state index contributed by atoms with van der Waals surface area (Å²) in [6.45, 7) is 5.28. The van der Waals surface area contributed by atoms with E-state index in [1.165, 1.54) is 12.3 Å². The summed E-state index contributed by atoms with van der Waals surface area (Å²) in [6, 6.07) is 1.27. The Kier molecular flexibility index (Phi) is 4.45. The van der Waals surface area contributed by atoms with Crippen molar-refractivity contribution in [3.05, 3.63) is 28.2 Å². The zero-order chi connectivity index (χ0) is 13.1. The van der Waals surface area contributed by atoms with Gasteiger partial charge in [0.05, 0.1) is 0 Å². The van der Waals surface area contributed by atoms with Gasteiger partial charge in [0, 0.05) is 16.2 Å². The second-order valence-electron chi connectivity index (χ2n) is 4.53. The third-order valence-electron chi connectivity index (χ3n) is 1.70. The second kappa shape index (κ2) is 5.44. The molecule has 4 nitrogen and oxygen atoms in total. The van der Waals surface area contributed by atoms with Crippen LogP contribution in [-0.4, -0.2) is 16.6 Å². The number of amides is 1. The predicted molar refractivity (Wildman–Crippen MR) is 65.0 cm³/mol. The summed E-state index contributed by atoms with van der Waals surface area (Å²) in [5, 5.41) is 2.60. The molecule has 1 N–H and O–H groups in total. The van der Waals surface area contributed by atoms with Crippen LogP contribution in [0.1, 0.15) is 26.5 Å². The maximum absolute atomic E-state index is 13.3. The first kappa shape index (κ1) is 13.9. The number of rotatable bonds is 2. The summed E-state index contributed by atoms with van der Waals surface area (Å²) in [7, 11) is 0. The van der Waals surface area contributed by atoms with Crippen molar-refractivity contribution in [2.75, 3.05) is 0 Å². The molecule has 1 aromatic heterocycles.